The molecule has 0 radical (unpaired) electrons. The van der Waals surface area contributed by atoms with Crippen LogP contribution in [0.3, 0.4) is 0 Å². The second-order valence-corrected chi connectivity index (χ2v) is 7.67. The van der Waals surface area contributed by atoms with Gasteiger partial charge in [-0.25, -0.2) is 4.79 Å². The highest BCUT2D eigenvalue weighted by atomic mass is 16.5. The maximum Gasteiger partial charge on any atom is 0.321 e. The third-order valence-electron chi connectivity index (χ3n) is 4.96. The standard InChI is InChI=1S/C24H29N5O4/c1-17-6-4-7-20(16-17)26-24(31)29(2)14-12-21-27-23(33-28-21)19-10-8-18(9-11-19)22(30)25-13-5-15-32-3/h4,6-11,16H,5,12-15H2,1-3H3,(H,25,30)(H,26,31). The number of ether oxygens (including phenoxy) is 1. The fourth-order valence-corrected chi connectivity index (χ4v) is 3.07. The van der Waals surface area contributed by atoms with Crippen molar-refractivity contribution in [2.75, 3.05) is 39.2 Å². The van der Waals surface area contributed by atoms with Crippen molar-refractivity contribution in [3.63, 3.8) is 0 Å². The first-order valence-corrected chi connectivity index (χ1v) is 10.7. The van der Waals surface area contributed by atoms with E-state index in [0.29, 0.717) is 43.4 Å². The van der Waals surface area contributed by atoms with E-state index in [1.165, 1.54) is 0 Å². The van der Waals surface area contributed by atoms with Crippen molar-refractivity contribution in [3.05, 3.63) is 65.5 Å². The van der Waals surface area contributed by atoms with Gasteiger partial charge < -0.3 is 24.8 Å². The van der Waals surface area contributed by atoms with Crippen molar-refractivity contribution in [1.29, 1.82) is 0 Å². The molecule has 0 bridgehead atoms. The first kappa shape index (κ1) is 23.9. The quantitative estimate of drug-likeness (QED) is 0.457. The van der Waals surface area contributed by atoms with E-state index < -0.39 is 0 Å². The van der Waals surface area contributed by atoms with Crippen LogP contribution < -0.4 is 10.6 Å². The molecule has 1 heterocycles. The molecule has 174 valence electrons. The highest BCUT2D eigenvalue weighted by Gasteiger charge is 2.13. The lowest BCUT2D eigenvalue weighted by atomic mass is 10.1. The van der Waals surface area contributed by atoms with Gasteiger partial charge in [-0.3, -0.25) is 4.79 Å². The van der Waals surface area contributed by atoms with E-state index in [0.717, 1.165) is 23.2 Å². The van der Waals surface area contributed by atoms with Crippen LogP contribution in [0.5, 0.6) is 0 Å². The van der Waals surface area contributed by atoms with Gasteiger partial charge in [-0.05, 0) is 55.3 Å². The first-order chi connectivity index (χ1) is 16.0. The van der Waals surface area contributed by atoms with E-state index >= 15 is 0 Å². The van der Waals surface area contributed by atoms with Crippen LogP contribution in [0, 0.1) is 6.92 Å². The molecule has 2 aromatic carbocycles. The molecule has 0 fully saturated rings. The minimum absolute atomic E-state index is 0.143. The number of likely N-dealkylation sites (N-methyl/N-ethyl adjacent to an activating group) is 1. The Kier molecular flexibility index (Phi) is 8.54. The number of amides is 3. The largest absolute Gasteiger partial charge is 0.385 e. The van der Waals surface area contributed by atoms with E-state index in [2.05, 4.69) is 20.8 Å². The summed E-state index contributed by atoms with van der Waals surface area (Å²) in [6, 6.07) is 14.4. The number of nitrogens with one attached hydrogen (secondary N) is 2. The van der Waals surface area contributed by atoms with Crippen LogP contribution >= 0.6 is 0 Å². The van der Waals surface area contributed by atoms with E-state index in [1.54, 1.807) is 43.3 Å². The molecule has 0 aliphatic carbocycles. The summed E-state index contributed by atoms with van der Waals surface area (Å²) >= 11 is 0. The fourth-order valence-electron chi connectivity index (χ4n) is 3.07. The molecule has 9 heteroatoms. The molecule has 0 aliphatic heterocycles. The summed E-state index contributed by atoms with van der Waals surface area (Å²) in [6.45, 7) is 3.56. The summed E-state index contributed by atoms with van der Waals surface area (Å²) in [6.07, 6.45) is 1.21. The van der Waals surface area contributed by atoms with Gasteiger partial charge in [-0.1, -0.05) is 17.3 Å². The molecule has 0 unspecified atom stereocenters. The lowest BCUT2D eigenvalue weighted by molar-refractivity contribution is 0.0948. The number of benzene rings is 2. The number of methoxy groups -OCH3 is 1. The lowest BCUT2D eigenvalue weighted by Crippen LogP contribution is -2.33. The summed E-state index contributed by atoms with van der Waals surface area (Å²) in [7, 11) is 3.34. The normalized spacial score (nSPS) is 10.6. The van der Waals surface area contributed by atoms with Gasteiger partial charge in [0.05, 0.1) is 0 Å². The third kappa shape index (κ3) is 7.15. The number of hydrogen-bond donors (Lipinski definition) is 2. The Bertz CT molecular complexity index is 1060. The van der Waals surface area contributed by atoms with Crippen molar-refractivity contribution < 1.29 is 18.8 Å². The molecule has 3 rings (SSSR count). The van der Waals surface area contributed by atoms with Gasteiger partial charge in [0.2, 0.25) is 0 Å². The number of hydrogen-bond acceptors (Lipinski definition) is 6. The molecule has 0 saturated carbocycles. The molecule has 33 heavy (non-hydrogen) atoms. The molecule has 1 aromatic heterocycles. The van der Waals surface area contributed by atoms with Gasteiger partial charge in [0.25, 0.3) is 11.8 Å². The van der Waals surface area contributed by atoms with Crippen molar-refractivity contribution in [2.24, 2.45) is 0 Å². The zero-order chi connectivity index (χ0) is 23.6. The number of rotatable bonds is 10. The molecule has 9 nitrogen and oxygen atoms in total. The summed E-state index contributed by atoms with van der Waals surface area (Å²) in [4.78, 5) is 30.5. The average molecular weight is 452 g/mol. The Balaban J connectivity index is 1.50. The molecule has 0 spiro atoms. The number of urea groups is 1. The zero-order valence-corrected chi connectivity index (χ0v) is 19.1. The van der Waals surface area contributed by atoms with Gasteiger partial charge in [0, 0.05) is 57.1 Å². The maximum absolute atomic E-state index is 12.4. The van der Waals surface area contributed by atoms with E-state index in [9.17, 15) is 9.59 Å². The second-order valence-electron chi connectivity index (χ2n) is 7.67. The Labute approximate surface area is 193 Å². The Morgan fingerprint density at radius 2 is 1.94 bits per heavy atom. The first-order valence-electron chi connectivity index (χ1n) is 10.7. The predicted molar refractivity (Wildman–Crippen MR) is 125 cm³/mol. The predicted octanol–water partition coefficient (Wildman–Crippen LogP) is 3.52. The smallest absolute Gasteiger partial charge is 0.321 e. The molecule has 0 atom stereocenters. The SMILES string of the molecule is COCCCNC(=O)c1ccc(-c2nc(CCN(C)C(=O)Nc3cccc(C)c3)no2)cc1. The monoisotopic (exact) mass is 451 g/mol. The highest BCUT2D eigenvalue weighted by molar-refractivity contribution is 5.94. The average Bonchev–Trinajstić information content (AvgIpc) is 3.29. The minimum Gasteiger partial charge on any atom is -0.385 e. The molecule has 2 N–H and O–H groups in total. The summed E-state index contributed by atoms with van der Waals surface area (Å²) in [5.41, 5.74) is 3.10. The number of carbonyl (C=O) groups is 2. The number of aromatic nitrogens is 2. The summed E-state index contributed by atoms with van der Waals surface area (Å²) < 4.78 is 10.3. The van der Waals surface area contributed by atoms with Crippen LogP contribution in [0.4, 0.5) is 10.5 Å². The maximum atomic E-state index is 12.4. The Morgan fingerprint density at radius 1 is 1.15 bits per heavy atom. The third-order valence-corrected chi connectivity index (χ3v) is 4.96. The zero-order valence-electron chi connectivity index (χ0n) is 19.1. The number of aryl methyl sites for hydroxylation is 1. The van der Waals surface area contributed by atoms with Gasteiger partial charge in [-0.2, -0.15) is 4.98 Å². The van der Waals surface area contributed by atoms with E-state index in [4.69, 9.17) is 9.26 Å². The number of nitrogens with zero attached hydrogens (tertiary/aromatic N) is 3. The number of anilines is 1. The summed E-state index contributed by atoms with van der Waals surface area (Å²) in [5, 5.41) is 9.71. The molecule has 3 aromatic rings. The molecular weight excluding hydrogens is 422 g/mol. The van der Waals surface area contributed by atoms with Gasteiger partial charge >= 0.3 is 6.03 Å². The van der Waals surface area contributed by atoms with Crippen LogP contribution in [0.25, 0.3) is 11.5 Å². The van der Waals surface area contributed by atoms with Crippen molar-refractivity contribution in [2.45, 2.75) is 19.8 Å². The van der Waals surface area contributed by atoms with Crippen LogP contribution in [-0.4, -0.2) is 60.8 Å². The van der Waals surface area contributed by atoms with Gasteiger partial charge in [0.1, 0.15) is 0 Å². The minimum atomic E-state index is -0.208. The fraction of sp³-hybridized carbons (Fsp3) is 0.333. The van der Waals surface area contributed by atoms with Gasteiger partial charge in [-0.15, -0.1) is 0 Å². The Morgan fingerprint density at radius 3 is 2.67 bits per heavy atom. The van der Waals surface area contributed by atoms with E-state index in [-0.39, 0.29) is 11.9 Å². The number of carbonyl (C=O) groups excluding carboxylic acids is 2. The lowest BCUT2D eigenvalue weighted by Gasteiger charge is -2.17. The van der Waals surface area contributed by atoms with Crippen LogP contribution in [-0.2, 0) is 11.2 Å². The van der Waals surface area contributed by atoms with Gasteiger partial charge in [0.15, 0.2) is 5.82 Å². The van der Waals surface area contributed by atoms with Crippen molar-refractivity contribution >= 4 is 17.6 Å². The topological polar surface area (TPSA) is 110 Å². The van der Waals surface area contributed by atoms with Crippen LogP contribution in [0.1, 0.15) is 28.2 Å². The summed E-state index contributed by atoms with van der Waals surface area (Å²) in [5.74, 6) is 0.722. The van der Waals surface area contributed by atoms with E-state index in [1.807, 2.05) is 31.2 Å². The molecule has 0 aliphatic rings. The highest BCUT2D eigenvalue weighted by Crippen LogP contribution is 2.18. The van der Waals surface area contributed by atoms with Crippen LogP contribution in [0.2, 0.25) is 0 Å². The molecule has 0 saturated heterocycles. The Hall–Kier alpha value is -3.72. The molecular formula is C24H29N5O4. The van der Waals surface area contributed by atoms with Crippen LogP contribution in [0.15, 0.2) is 53.1 Å². The second kappa shape index (κ2) is 11.8. The van der Waals surface area contributed by atoms with Crippen molar-refractivity contribution in [1.82, 2.24) is 20.4 Å². The van der Waals surface area contributed by atoms with Crippen molar-refractivity contribution in [3.8, 4) is 11.5 Å². The molecule has 3 amide bonds.